The second-order valence-corrected chi connectivity index (χ2v) is 3.03. The van der Waals surface area contributed by atoms with Crippen molar-refractivity contribution >= 4 is 16.5 Å². The lowest BCUT2D eigenvalue weighted by Crippen LogP contribution is -2.19. The van der Waals surface area contributed by atoms with Crippen LogP contribution in [0.15, 0.2) is 5.51 Å². The molecule has 62 valence electrons. The lowest BCUT2D eigenvalue weighted by atomic mass is 10.4. The van der Waals surface area contributed by atoms with Crippen molar-refractivity contribution in [2.75, 3.05) is 25.1 Å². The fourth-order valence-electron chi connectivity index (χ4n) is 0.737. The van der Waals surface area contributed by atoms with Crippen molar-refractivity contribution in [1.82, 2.24) is 10.2 Å². The summed E-state index contributed by atoms with van der Waals surface area (Å²) in [7, 11) is 1.94. The Hall–Kier alpha value is -0.680. The molecule has 0 fully saturated rings. The van der Waals surface area contributed by atoms with Gasteiger partial charge in [0.2, 0.25) is 5.13 Å². The third-order valence-electron chi connectivity index (χ3n) is 1.33. The van der Waals surface area contributed by atoms with Crippen LogP contribution in [0.3, 0.4) is 0 Å². The minimum atomic E-state index is 0.225. The van der Waals surface area contributed by atoms with E-state index in [1.54, 1.807) is 5.51 Å². The molecule has 0 saturated carbocycles. The molecule has 0 atom stereocenters. The van der Waals surface area contributed by atoms with E-state index in [2.05, 4.69) is 10.2 Å². The first kappa shape index (κ1) is 8.42. The van der Waals surface area contributed by atoms with Crippen LogP contribution in [0.1, 0.15) is 6.42 Å². The van der Waals surface area contributed by atoms with Crippen LogP contribution in [0.5, 0.6) is 0 Å². The molecule has 0 aliphatic rings. The monoisotopic (exact) mass is 173 g/mol. The number of aliphatic hydroxyl groups is 1. The normalized spacial score (nSPS) is 10.0. The van der Waals surface area contributed by atoms with Crippen LogP contribution in [0.4, 0.5) is 5.13 Å². The summed E-state index contributed by atoms with van der Waals surface area (Å²) in [6.07, 6.45) is 0.774. The highest BCUT2D eigenvalue weighted by atomic mass is 32.1. The number of nitrogens with zero attached hydrogens (tertiary/aromatic N) is 3. The van der Waals surface area contributed by atoms with E-state index in [-0.39, 0.29) is 6.61 Å². The van der Waals surface area contributed by atoms with E-state index in [0.29, 0.717) is 0 Å². The molecule has 4 nitrogen and oxygen atoms in total. The van der Waals surface area contributed by atoms with Gasteiger partial charge in [-0.05, 0) is 6.42 Å². The Labute approximate surface area is 69.5 Å². The third-order valence-corrected chi connectivity index (χ3v) is 2.13. The highest BCUT2D eigenvalue weighted by Gasteiger charge is 2.01. The smallest absolute Gasteiger partial charge is 0.207 e. The van der Waals surface area contributed by atoms with Gasteiger partial charge in [0, 0.05) is 20.2 Å². The van der Waals surface area contributed by atoms with Gasteiger partial charge in [0.05, 0.1) is 0 Å². The van der Waals surface area contributed by atoms with Gasteiger partial charge in [-0.3, -0.25) is 0 Å². The van der Waals surface area contributed by atoms with Crippen LogP contribution >= 0.6 is 11.3 Å². The van der Waals surface area contributed by atoms with Gasteiger partial charge in [0.25, 0.3) is 0 Å². The highest BCUT2D eigenvalue weighted by molar-refractivity contribution is 7.13. The van der Waals surface area contributed by atoms with Crippen molar-refractivity contribution in [3.63, 3.8) is 0 Å². The Morgan fingerprint density at radius 3 is 3.09 bits per heavy atom. The zero-order valence-electron chi connectivity index (χ0n) is 6.40. The number of anilines is 1. The van der Waals surface area contributed by atoms with Crippen LogP contribution in [-0.2, 0) is 0 Å². The largest absolute Gasteiger partial charge is 0.396 e. The zero-order chi connectivity index (χ0) is 8.10. The minimum absolute atomic E-state index is 0.225. The minimum Gasteiger partial charge on any atom is -0.396 e. The fraction of sp³-hybridized carbons (Fsp3) is 0.667. The molecular formula is C6H11N3OS. The molecule has 11 heavy (non-hydrogen) atoms. The molecule has 0 aliphatic carbocycles. The van der Waals surface area contributed by atoms with Gasteiger partial charge in [-0.25, -0.2) is 0 Å². The first-order valence-corrected chi connectivity index (χ1v) is 4.30. The summed E-state index contributed by atoms with van der Waals surface area (Å²) < 4.78 is 0. The summed E-state index contributed by atoms with van der Waals surface area (Å²) in [6.45, 7) is 1.05. The summed E-state index contributed by atoms with van der Waals surface area (Å²) in [4.78, 5) is 1.98. The van der Waals surface area contributed by atoms with Gasteiger partial charge in [0.15, 0.2) is 0 Å². The zero-order valence-corrected chi connectivity index (χ0v) is 7.21. The molecule has 0 aliphatic heterocycles. The van der Waals surface area contributed by atoms with E-state index in [0.717, 1.165) is 18.1 Å². The van der Waals surface area contributed by atoms with E-state index in [9.17, 15) is 0 Å². The number of aromatic nitrogens is 2. The Bertz CT molecular complexity index is 190. The van der Waals surface area contributed by atoms with Gasteiger partial charge < -0.3 is 10.0 Å². The topological polar surface area (TPSA) is 49.2 Å². The van der Waals surface area contributed by atoms with Crippen LogP contribution < -0.4 is 4.90 Å². The maximum Gasteiger partial charge on any atom is 0.207 e. The van der Waals surface area contributed by atoms with Crippen LogP contribution in [0.25, 0.3) is 0 Å². The van der Waals surface area contributed by atoms with Crippen LogP contribution in [-0.4, -0.2) is 35.5 Å². The third kappa shape index (κ3) is 2.44. The van der Waals surface area contributed by atoms with Crippen LogP contribution in [0.2, 0.25) is 0 Å². The molecule has 0 saturated heterocycles. The molecule has 0 bridgehead atoms. The summed E-state index contributed by atoms with van der Waals surface area (Å²) >= 11 is 1.50. The Balaban J connectivity index is 2.36. The van der Waals surface area contributed by atoms with E-state index >= 15 is 0 Å². The van der Waals surface area contributed by atoms with Crippen molar-refractivity contribution in [1.29, 1.82) is 0 Å². The second kappa shape index (κ2) is 4.25. The summed E-state index contributed by atoms with van der Waals surface area (Å²) in [5, 5.41) is 17.1. The van der Waals surface area contributed by atoms with Crippen molar-refractivity contribution in [3.8, 4) is 0 Å². The maximum atomic E-state index is 8.55. The molecule has 0 unspecified atom stereocenters. The predicted molar refractivity (Wildman–Crippen MR) is 44.9 cm³/mol. The standard InChI is InChI=1S/C6H11N3OS/c1-9(3-2-4-10)6-8-7-5-11-6/h5,10H,2-4H2,1H3. The molecule has 1 rings (SSSR count). The van der Waals surface area contributed by atoms with Crippen LogP contribution in [0, 0.1) is 0 Å². The Morgan fingerprint density at radius 1 is 1.73 bits per heavy atom. The first-order chi connectivity index (χ1) is 5.34. The number of rotatable bonds is 4. The number of hydrogen-bond acceptors (Lipinski definition) is 5. The van der Waals surface area contributed by atoms with Crippen molar-refractivity contribution < 1.29 is 5.11 Å². The van der Waals surface area contributed by atoms with E-state index in [1.807, 2.05) is 11.9 Å². The average molecular weight is 173 g/mol. The number of hydrogen-bond donors (Lipinski definition) is 1. The lowest BCUT2D eigenvalue weighted by molar-refractivity contribution is 0.290. The quantitative estimate of drug-likeness (QED) is 0.714. The van der Waals surface area contributed by atoms with Crippen molar-refractivity contribution in [2.45, 2.75) is 6.42 Å². The maximum absolute atomic E-state index is 8.55. The molecule has 0 amide bonds. The molecule has 0 spiro atoms. The molecule has 1 N–H and O–H groups in total. The molecule has 5 heteroatoms. The van der Waals surface area contributed by atoms with Gasteiger partial charge in [-0.2, -0.15) is 0 Å². The molecule has 1 heterocycles. The summed E-state index contributed by atoms with van der Waals surface area (Å²) in [6, 6.07) is 0. The fourth-order valence-corrected chi connectivity index (χ4v) is 1.29. The molecule has 0 radical (unpaired) electrons. The number of aliphatic hydroxyl groups excluding tert-OH is 1. The predicted octanol–water partition coefficient (Wildman–Crippen LogP) is 0.357. The van der Waals surface area contributed by atoms with E-state index in [4.69, 9.17) is 5.11 Å². The van der Waals surface area contributed by atoms with Gasteiger partial charge in [-0.1, -0.05) is 11.3 Å². The molecule has 1 aromatic rings. The highest BCUT2D eigenvalue weighted by Crippen LogP contribution is 2.12. The van der Waals surface area contributed by atoms with Gasteiger partial charge >= 0.3 is 0 Å². The molecule has 1 aromatic heterocycles. The second-order valence-electron chi connectivity index (χ2n) is 2.22. The SMILES string of the molecule is CN(CCCO)c1nncs1. The Kier molecular flexibility index (Phi) is 3.25. The molecule has 0 aromatic carbocycles. The van der Waals surface area contributed by atoms with Crippen molar-refractivity contribution in [2.24, 2.45) is 0 Å². The summed E-state index contributed by atoms with van der Waals surface area (Å²) in [5.74, 6) is 0. The van der Waals surface area contributed by atoms with Crippen molar-refractivity contribution in [3.05, 3.63) is 5.51 Å². The first-order valence-electron chi connectivity index (χ1n) is 3.42. The van der Waals surface area contributed by atoms with Gasteiger partial charge in [0.1, 0.15) is 5.51 Å². The Morgan fingerprint density at radius 2 is 2.55 bits per heavy atom. The van der Waals surface area contributed by atoms with Gasteiger partial charge in [-0.15, -0.1) is 10.2 Å². The van der Waals surface area contributed by atoms with E-state index in [1.165, 1.54) is 11.3 Å². The molecular weight excluding hydrogens is 162 g/mol. The van der Waals surface area contributed by atoms with E-state index < -0.39 is 0 Å². The average Bonchev–Trinajstić information content (AvgIpc) is 2.52. The summed E-state index contributed by atoms with van der Waals surface area (Å²) in [5.41, 5.74) is 1.70. The lowest BCUT2D eigenvalue weighted by Gasteiger charge is -2.12.